The molecule has 1 N–H and O–H groups in total. The zero-order valence-electron chi connectivity index (χ0n) is 20.6. The molecule has 36 heavy (non-hydrogen) atoms. The summed E-state index contributed by atoms with van der Waals surface area (Å²) in [5.41, 5.74) is 2.18. The Morgan fingerprint density at radius 3 is 2.42 bits per heavy atom. The van der Waals surface area contributed by atoms with E-state index in [2.05, 4.69) is 31.1 Å². The maximum absolute atomic E-state index is 13.4. The lowest BCUT2D eigenvalue weighted by atomic mass is 9.87. The number of hydrogen-bond acceptors (Lipinski definition) is 5. The van der Waals surface area contributed by atoms with Gasteiger partial charge in [0.25, 0.3) is 11.5 Å². The quantitative estimate of drug-likeness (QED) is 0.296. The molecule has 7 heteroatoms. The largest absolute Gasteiger partial charge is 0.438 e. The average molecular weight is 479 g/mol. The topological polar surface area (TPSA) is 96.5 Å². The average Bonchev–Trinajstić information content (AvgIpc) is 2.85. The van der Waals surface area contributed by atoms with Crippen molar-refractivity contribution in [3.63, 3.8) is 0 Å². The van der Waals surface area contributed by atoms with Crippen molar-refractivity contribution in [2.24, 2.45) is 0 Å². The number of ether oxygens (including phenoxy) is 1. The van der Waals surface area contributed by atoms with E-state index in [0.717, 1.165) is 11.1 Å². The number of nitrogens with zero attached hydrogens (tertiary/aromatic N) is 3. The predicted molar refractivity (Wildman–Crippen MR) is 140 cm³/mol. The summed E-state index contributed by atoms with van der Waals surface area (Å²) in [5.74, 6) is -0.149. The molecule has 2 heterocycles. The highest BCUT2D eigenvalue weighted by atomic mass is 16.5. The Kier molecular flexibility index (Phi) is 6.71. The van der Waals surface area contributed by atoms with Crippen LogP contribution < -0.4 is 15.6 Å². The summed E-state index contributed by atoms with van der Waals surface area (Å²) >= 11 is 0. The summed E-state index contributed by atoms with van der Waals surface area (Å²) in [6.07, 6.45) is 2.80. The highest BCUT2D eigenvalue weighted by Crippen LogP contribution is 2.28. The molecule has 180 valence electrons. The van der Waals surface area contributed by atoms with E-state index in [1.54, 1.807) is 48.7 Å². The summed E-state index contributed by atoms with van der Waals surface area (Å²) in [6.45, 7) is 8.19. The number of carbonyl (C=O) groups is 1. The standard InChI is InChI=1S/C29H26N4O3/c1-19-9-5-6-10-24(19)31-26(34)20(18-30)17-23-27(32-25-11-7-8-16-33(25)28(23)35)36-22-14-12-21(13-15-22)29(2,3)4/h5-17H,1-4H3,(H,31,34)/b20-17+. The van der Waals surface area contributed by atoms with Crippen LogP contribution in [0.5, 0.6) is 11.6 Å². The fourth-order valence-electron chi connectivity index (χ4n) is 3.61. The van der Waals surface area contributed by atoms with Gasteiger partial charge in [-0.2, -0.15) is 10.2 Å². The number of benzene rings is 2. The molecule has 0 unspecified atom stereocenters. The van der Waals surface area contributed by atoms with Crippen molar-refractivity contribution in [1.82, 2.24) is 9.38 Å². The molecule has 1 amide bonds. The molecule has 0 aliphatic heterocycles. The van der Waals surface area contributed by atoms with Crippen LogP contribution in [0.1, 0.15) is 37.5 Å². The third kappa shape index (κ3) is 5.18. The van der Waals surface area contributed by atoms with Crippen molar-refractivity contribution in [2.75, 3.05) is 5.32 Å². The molecule has 0 atom stereocenters. The first-order valence-electron chi connectivity index (χ1n) is 11.5. The molecule has 4 aromatic rings. The van der Waals surface area contributed by atoms with E-state index < -0.39 is 11.5 Å². The summed E-state index contributed by atoms with van der Waals surface area (Å²) in [6, 6.07) is 21.8. The van der Waals surface area contributed by atoms with Gasteiger partial charge in [0.2, 0.25) is 5.88 Å². The van der Waals surface area contributed by atoms with E-state index in [1.807, 2.05) is 37.3 Å². The van der Waals surface area contributed by atoms with Gasteiger partial charge in [0.15, 0.2) is 0 Å². The number of carbonyl (C=O) groups excluding carboxylic acids is 1. The molecule has 0 radical (unpaired) electrons. The number of rotatable bonds is 5. The number of aryl methyl sites for hydroxylation is 1. The second-order valence-electron chi connectivity index (χ2n) is 9.38. The molecule has 0 aliphatic rings. The van der Waals surface area contributed by atoms with Crippen LogP contribution in [0.3, 0.4) is 0 Å². The van der Waals surface area contributed by atoms with Crippen molar-refractivity contribution in [3.05, 3.63) is 106 Å². The van der Waals surface area contributed by atoms with Gasteiger partial charge >= 0.3 is 0 Å². The number of anilines is 1. The number of hydrogen-bond donors (Lipinski definition) is 1. The highest BCUT2D eigenvalue weighted by molar-refractivity contribution is 6.10. The molecule has 2 aromatic heterocycles. The Balaban J connectivity index is 1.78. The normalized spacial score (nSPS) is 11.7. The Morgan fingerprint density at radius 2 is 1.75 bits per heavy atom. The van der Waals surface area contributed by atoms with E-state index in [0.29, 0.717) is 17.1 Å². The van der Waals surface area contributed by atoms with E-state index in [4.69, 9.17) is 4.74 Å². The van der Waals surface area contributed by atoms with Gasteiger partial charge in [-0.05, 0) is 59.9 Å². The molecule has 0 saturated carbocycles. The van der Waals surface area contributed by atoms with Crippen molar-refractivity contribution < 1.29 is 9.53 Å². The fourth-order valence-corrected chi connectivity index (χ4v) is 3.61. The van der Waals surface area contributed by atoms with Gasteiger partial charge < -0.3 is 10.1 Å². The third-order valence-electron chi connectivity index (χ3n) is 5.72. The summed E-state index contributed by atoms with van der Waals surface area (Å²) in [7, 11) is 0. The molecular formula is C29H26N4O3. The molecule has 0 bridgehead atoms. The van der Waals surface area contributed by atoms with Crippen LogP contribution in [0.25, 0.3) is 11.7 Å². The minimum absolute atomic E-state index is 0.00455. The summed E-state index contributed by atoms with van der Waals surface area (Å²) in [4.78, 5) is 30.8. The van der Waals surface area contributed by atoms with Gasteiger partial charge in [0.1, 0.15) is 28.6 Å². The Bertz CT molecular complexity index is 1570. The summed E-state index contributed by atoms with van der Waals surface area (Å²) in [5, 5.41) is 12.5. The fraction of sp³-hybridized carbons (Fsp3) is 0.172. The van der Waals surface area contributed by atoms with Crippen LogP contribution >= 0.6 is 0 Å². The first-order valence-corrected chi connectivity index (χ1v) is 11.5. The van der Waals surface area contributed by atoms with E-state index in [9.17, 15) is 14.9 Å². The van der Waals surface area contributed by atoms with Gasteiger partial charge in [0.05, 0.1) is 0 Å². The van der Waals surface area contributed by atoms with Crippen molar-refractivity contribution in [2.45, 2.75) is 33.1 Å². The molecule has 0 spiro atoms. The number of pyridine rings is 1. The zero-order chi connectivity index (χ0) is 25.9. The lowest BCUT2D eigenvalue weighted by Crippen LogP contribution is -2.20. The Morgan fingerprint density at radius 1 is 1.06 bits per heavy atom. The first kappa shape index (κ1) is 24.4. The molecule has 7 nitrogen and oxygen atoms in total. The second kappa shape index (κ2) is 9.88. The number of nitriles is 1. The van der Waals surface area contributed by atoms with E-state index in [1.165, 1.54) is 10.5 Å². The smallest absolute Gasteiger partial charge is 0.269 e. The van der Waals surface area contributed by atoms with Crippen molar-refractivity contribution in [3.8, 4) is 17.7 Å². The van der Waals surface area contributed by atoms with Gasteiger partial charge in [-0.3, -0.25) is 14.0 Å². The maximum atomic E-state index is 13.4. The zero-order valence-corrected chi connectivity index (χ0v) is 20.6. The van der Waals surface area contributed by atoms with E-state index >= 15 is 0 Å². The molecule has 0 aliphatic carbocycles. The lowest BCUT2D eigenvalue weighted by molar-refractivity contribution is -0.112. The number of amides is 1. The number of aromatic nitrogens is 2. The van der Waals surface area contributed by atoms with Crippen molar-refractivity contribution in [1.29, 1.82) is 5.26 Å². The van der Waals surface area contributed by atoms with Gasteiger partial charge in [-0.25, -0.2) is 0 Å². The Labute approximate surface area is 209 Å². The lowest BCUT2D eigenvalue weighted by Gasteiger charge is -2.19. The van der Waals surface area contributed by atoms with Crippen LogP contribution in [0.15, 0.2) is 83.3 Å². The molecular weight excluding hydrogens is 452 g/mol. The van der Waals surface area contributed by atoms with Crippen LogP contribution in [0, 0.1) is 18.3 Å². The maximum Gasteiger partial charge on any atom is 0.269 e. The molecule has 0 fully saturated rings. The third-order valence-corrected chi connectivity index (χ3v) is 5.72. The monoisotopic (exact) mass is 478 g/mol. The molecule has 0 saturated heterocycles. The first-order chi connectivity index (χ1) is 17.2. The second-order valence-corrected chi connectivity index (χ2v) is 9.38. The summed E-state index contributed by atoms with van der Waals surface area (Å²) < 4.78 is 7.36. The van der Waals surface area contributed by atoms with Crippen LogP contribution in [-0.4, -0.2) is 15.3 Å². The predicted octanol–water partition coefficient (Wildman–Crippen LogP) is 5.64. The SMILES string of the molecule is Cc1ccccc1NC(=O)/C(C#N)=C/c1c(Oc2ccc(C(C)(C)C)cc2)nc2ccccn2c1=O. The number of para-hydroxylation sites is 1. The number of fused-ring (bicyclic) bond motifs is 1. The van der Waals surface area contributed by atoms with E-state index in [-0.39, 0.29) is 22.4 Å². The Hall–Kier alpha value is -4.70. The highest BCUT2D eigenvalue weighted by Gasteiger charge is 2.19. The molecule has 2 aromatic carbocycles. The van der Waals surface area contributed by atoms with Crippen LogP contribution in [0.4, 0.5) is 5.69 Å². The minimum Gasteiger partial charge on any atom is -0.438 e. The van der Waals surface area contributed by atoms with Crippen LogP contribution in [-0.2, 0) is 10.2 Å². The van der Waals surface area contributed by atoms with Crippen molar-refractivity contribution >= 4 is 23.3 Å². The van der Waals surface area contributed by atoms with Crippen LogP contribution in [0.2, 0.25) is 0 Å². The van der Waals surface area contributed by atoms with Gasteiger partial charge in [-0.15, -0.1) is 0 Å². The minimum atomic E-state index is -0.634. The van der Waals surface area contributed by atoms with Gasteiger partial charge in [-0.1, -0.05) is 57.2 Å². The van der Waals surface area contributed by atoms with Gasteiger partial charge in [0, 0.05) is 11.9 Å². The molecule has 4 rings (SSSR count). The number of nitrogens with one attached hydrogen (secondary N) is 1.